The van der Waals surface area contributed by atoms with E-state index in [1.807, 2.05) is 0 Å². The van der Waals surface area contributed by atoms with Crippen molar-refractivity contribution in [2.24, 2.45) is 11.7 Å². The third-order valence-electron chi connectivity index (χ3n) is 5.12. The Bertz CT molecular complexity index is 236. The third-order valence-corrected chi connectivity index (χ3v) is 5.12. The van der Waals surface area contributed by atoms with Crippen LogP contribution < -0.4 is 5.73 Å². The van der Waals surface area contributed by atoms with Gasteiger partial charge in [-0.15, -0.1) is 0 Å². The zero-order valence-corrected chi connectivity index (χ0v) is 12.3. The molecule has 1 aliphatic heterocycles. The van der Waals surface area contributed by atoms with Crippen LogP contribution in [0.4, 0.5) is 0 Å². The molecule has 0 aromatic rings. The molecule has 3 heteroatoms. The SMILES string of the molecule is CCN1CCC(N(C)CC2CCCCC2N)CC1. The van der Waals surface area contributed by atoms with E-state index in [2.05, 4.69) is 23.8 Å². The average molecular weight is 253 g/mol. The zero-order chi connectivity index (χ0) is 13.0. The second-order valence-electron chi connectivity index (χ2n) is 6.31. The van der Waals surface area contributed by atoms with Crippen molar-refractivity contribution in [3.63, 3.8) is 0 Å². The Kier molecular flexibility index (Phi) is 5.46. The average Bonchev–Trinajstić information content (AvgIpc) is 2.41. The van der Waals surface area contributed by atoms with Gasteiger partial charge in [-0.05, 0) is 58.3 Å². The summed E-state index contributed by atoms with van der Waals surface area (Å²) in [6, 6.07) is 1.25. The number of likely N-dealkylation sites (tertiary alicyclic amines) is 1. The van der Waals surface area contributed by atoms with E-state index in [4.69, 9.17) is 5.73 Å². The molecular formula is C15H31N3. The number of hydrogen-bond acceptors (Lipinski definition) is 3. The van der Waals surface area contributed by atoms with Gasteiger partial charge >= 0.3 is 0 Å². The molecule has 1 aliphatic carbocycles. The van der Waals surface area contributed by atoms with Crippen molar-refractivity contribution in [2.75, 3.05) is 33.2 Å². The lowest BCUT2D eigenvalue weighted by atomic mass is 9.84. The molecule has 2 unspecified atom stereocenters. The van der Waals surface area contributed by atoms with Crippen LogP contribution in [0, 0.1) is 5.92 Å². The lowest BCUT2D eigenvalue weighted by Gasteiger charge is -2.39. The van der Waals surface area contributed by atoms with Gasteiger partial charge in [-0.3, -0.25) is 0 Å². The molecular weight excluding hydrogens is 222 g/mol. The molecule has 0 amide bonds. The number of rotatable bonds is 4. The maximum Gasteiger partial charge on any atom is 0.0117 e. The highest BCUT2D eigenvalue weighted by molar-refractivity contribution is 4.84. The lowest BCUT2D eigenvalue weighted by Crippen LogP contribution is -2.47. The Labute approximate surface area is 113 Å². The fourth-order valence-corrected chi connectivity index (χ4v) is 3.66. The van der Waals surface area contributed by atoms with Crippen molar-refractivity contribution in [2.45, 2.75) is 57.5 Å². The number of piperidine rings is 1. The predicted molar refractivity (Wildman–Crippen MR) is 77.7 cm³/mol. The summed E-state index contributed by atoms with van der Waals surface area (Å²) < 4.78 is 0. The van der Waals surface area contributed by atoms with Crippen LogP contribution in [0.5, 0.6) is 0 Å². The molecule has 3 nitrogen and oxygen atoms in total. The van der Waals surface area contributed by atoms with Crippen LogP contribution in [0.15, 0.2) is 0 Å². The highest BCUT2D eigenvalue weighted by Gasteiger charge is 2.27. The van der Waals surface area contributed by atoms with Crippen LogP contribution in [0.2, 0.25) is 0 Å². The fraction of sp³-hybridized carbons (Fsp3) is 1.00. The highest BCUT2D eigenvalue weighted by Crippen LogP contribution is 2.25. The topological polar surface area (TPSA) is 32.5 Å². The molecule has 0 spiro atoms. The first kappa shape index (κ1) is 14.3. The van der Waals surface area contributed by atoms with Crippen LogP contribution >= 0.6 is 0 Å². The lowest BCUT2D eigenvalue weighted by molar-refractivity contribution is 0.106. The van der Waals surface area contributed by atoms with E-state index in [9.17, 15) is 0 Å². The predicted octanol–water partition coefficient (Wildman–Crippen LogP) is 1.92. The molecule has 1 saturated carbocycles. The highest BCUT2D eigenvalue weighted by atomic mass is 15.2. The van der Waals surface area contributed by atoms with Gasteiger partial charge in [0.2, 0.25) is 0 Å². The Hall–Kier alpha value is -0.120. The molecule has 2 atom stereocenters. The summed E-state index contributed by atoms with van der Waals surface area (Å²) in [5.41, 5.74) is 6.27. The molecule has 0 radical (unpaired) electrons. The second-order valence-corrected chi connectivity index (χ2v) is 6.31. The van der Waals surface area contributed by atoms with E-state index in [0.717, 1.165) is 12.0 Å². The minimum atomic E-state index is 0.455. The largest absolute Gasteiger partial charge is 0.327 e. The van der Waals surface area contributed by atoms with E-state index >= 15 is 0 Å². The minimum Gasteiger partial charge on any atom is -0.327 e. The van der Waals surface area contributed by atoms with Gasteiger partial charge in [0.25, 0.3) is 0 Å². The monoisotopic (exact) mass is 253 g/mol. The first-order valence-corrected chi connectivity index (χ1v) is 7.89. The number of hydrogen-bond donors (Lipinski definition) is 1. The molecule has 0 aromatic heterocycles. The van der Waals surface area contributed by atoms with Gasteiger partial charge in [0.1, 0.15) is 0 Å². The van der Waals surface area contributed by atoms with Gasteiger partial charge in [0.15, 0.2) is 0 Å². The first-order valence-electron chi connectivity index (χ1n) is 7.89. The number of nitrogens with zero attached hydrogens (tertiary/aromatic N) is 2. The quantitative estimate of drug-likeness (QED) is 0.831. The molecule has 0 aromatic carbocycles. The van der Waals surface area contributed by atoms with E-state index in [0.29, 0.717) is 6.04 Å². The molecule has 0 bridgehead atoms. The van der Waals surface area contributed by atoms with E-state index in [1.165, 1.54) is 64.7 Å². The maximum absolute atomic E-state index is 6.27. The molecule has 1 saturated heterocycles. The Morgan fingerprint density at radius 2 is 1.78 bits per heavy atom. The zero-order valence-electron chi connectivity index (χ0n) is 12.3. The van der Waals surface area contributed by atoms with Crippen molar-refractivity contribution in [3.8, 4) is 0 Å². The van der Waals surface area contributed by atoms with Gasteiger partial charge in [-0.1, -0.05) is 19.8 Å². The smallest absolute Gasteiger partial charge is 0.0117 e. The molecule has 18 heavy (non-hydrogen) atoms. The standard InChI is InChI=1S/C15H31N3/c1-3-18-10-8-14(9-11-18)17(2)12-13-6-4-5-7-15(13)16/h13-15H,3-12,16H2,1-2H3. The molecule has 2 N–H and O–H groups in total. The Balaban J connectivity index is 1.75. The first-order chi connectivity index (χ1) is 8.70. The summed E-state index contributed by atoms with van der Waals surface area (Å²) in [4.78, 5) is 5.17. The summed E-state index contributed by atoms with van der Waals surface area (Å²) in [5, 5.41) is 0. The van der Waals surface area contributed by atoms with Crippen molar-refractivity contribution < 1.29 is 0 Å². The molecule has 2 rings (SSSR count). The Morgan fingerprint density at radius 1 is 1.11 bits per heavy atom. The van der Waals surface area contributed by atoms with Crippen LogP contribution in [0.25, 0.3) is 0 Å². The van der Waals surface area contributed by atoms with Crippen LogP contribution in [0.3, 0.4) is 0 Å². The normalized spacial score (nSPS) is 32.0. The van der Waals surface area contributed by atoms with Crippen LogP contribution in [-0.4, -0.2) is 55.1 Å². The summed E-state index contributed by atoms with van der Waals surface area (Å²) in [5.74, 6) is 0.743. The second kappa shape index (κ2) is 6.88. The van der Waals surface area contributed by atoms with E-state index < -0.39 is 0 Å². The molecule has 2 fully saturated rings. The van der Waals surface area contributed by atoms with Crippen LogP contribution in [0.1, 0.15) is 45.4 Å². The minimum absolute atomic E-state index is 0.455. The molecule has 1 heterocycles. The summed E-state index contributed by atoms with van der Waals surface area (Å²) in [7, 11) is 2.31. The van der Waals surface area contributed by atoms with Crippen molar-refractivity contribution in [1.29, 1.82) is 0 Å². The summed E-state index contributed by atoms with van der Waals surface area (Å²) >= 11 is 0. The van der Waals surface area contributed by atoms with E-state index in [1.54, 1.807) is 0 Å². The number of nitrogens with two attached hydrogens (primary N) is 1. The van der Waals surface area contributed by atoms with Crippen LogP contribution in [-0.2, 0) is 0 Å². The summed E-state index contributed by atoms with van der Waals surface area (Å²) in [6.45, 7) is 7.26. The maximum atomic E-state index is 6.27. The van der Waals surface area contributed by atoms with Crippen molar-refractivity contribution in [1.82, 2.24) is 9.80 Å². The fourth-order valence-electron chi connectivity index (χ4n) is 3.66. The molecule has 106 valence electrons. The van der Waals surface area contributed by atoms with Gasteiger partial charge in [-0.2, -0.15) is 0 Å². The summed E-state index contributed by atoms with van der Waals surface area (Å²) in [6.07, 6.45) is 8.00. The van der Waals surface area contributed by atoms with Gasteiger partial charge in [0, 0.05) is 18.6 Å². The Morgan fingerprint density at radius 3 is 2.39 bits per heavy atom. The van der Waals surface area contributed by atoms with E-state index in [-0.39, 0.29) is 0 Å². The van der Waals surface area contributed by atoms with Gasteiger partial charge in [0.05, 0.1) is 0 Å². The van der Waals surface area contributed by atoms with Gasteiger partial charge in [-0.25, -0.2) is 0 Å². The third kappa shape index (κ3) is 3.69. The van der Waals surface area contributed by atoms with Gasteiger partial charge < -0.3 is 15.5 Å². The van der Waals surface area contributed by atoms with Crippen molar-refractivity contribution in [3.05, 3.63) is 0 Å². The molecule has 2 aliphatic rings. The van der Waals surface area contributed by atoms with Crippen molar-refractivity contribution >= 4 is 0 Å².